The van der Waals surface area contributed by atoms with E-state index >= 15 is 0 Å². The molecule has 0 spiro atoms. The predicted molar refractivity (Wildman–Crippen MR) is 125 cm³/mol. The SMILES string of the molecule is COc1cccc(C2/C(=C(/O)c3ccncc3)C(=O)C(=O)N2CCCN2CCOCC2)c1OC. The maximum absolute atomic E-state index is 13.2. The Morgan fingerprint density at radius 2 is 1.82 bits per heavy atom. The quantitative estimate of drug-likeness (QED) is 0.358. The minimum atomic E-state index is -0.817. The fourth-order valence-corrected chi connectivity index (χ4v) is 4.52. The van der Waals surface area contributed by atoms with Gasteiger partial charge in [0.05, 0.1) is 39.0 Å². The van der Waals surface area contributed by atoms with Crippen molar-refractivity contribution < 1.29 is 28.9 Å². The summed E-state index contributed by atoms with van der Waals surface area (Å²) in [5.74, 6) is -0.729. The lowest BCUT2D eigenvalue weighted by Gasteiger charge is -2.29. The molecule has 1 N–H and O–H groups in total. The molecule has 0 bridgehead atoms. The number of amides is 1. The van der Waals surface area contributed by atoms with Gasteiger partial charge in [0.2, 0.25) is 0 Å². The molecule has 180 valence electrons. The Labute approximate surface area is 198 Å². The number of rotatable bonds is 8. The van der Waals surface area contributed by atoms with E-state index in [2.05, 4.69) is 9.88 Å². The van der Waals surface area contributed by atoms with Gasteiger partial charge in [-0.3, -0.25) is 19.5 Å². The number of hydrogen-bond acceptors (Lipinski definition) is 8. The zero-order valence-corrected chi connectivity index (χ0v) is 19.4. The third-order valence-electron chi connectivity index (χ3n) is 6.20. The highest BCUT2D eigenvalue weighted by atomic mass is 16.5. The molecule has 1 unspecified atom stereocenters. The van der Waals surface area contributed by atoms with Gasteiger partial charge in [0.1, 0.15) is 5.76 Å². The summed E-state index contributed by atoms with van der Waals surface area (Å²) < 4.78 is 16.5. The Morgan fingerprint density at radius 1 is 1.09 bits per heavy atom. The molecule has 0 aliphatic carbocycles. The van der Waals surface area contributed by atoms with Crippen LogP contribution in [0, 0.1) is 0 Å². The summed E-state index contributed by atoms with van der Waals surface area (Å²) >= 11 is 0. The predicted octanol–water partition coefficient (Wildman–Crippen LogP) is 2.24. The van der Waals surface area contributed by atoms with Crippen LogP contribution in [-0.2, 0) is 14.3 Å². The number of aromatic nitrogens is 1. The fraction of sp³-hybridized carbons (Fsp3) is 0.400. The highest BCUT2D eigenvalue weighted by Crippen LogP contribution is 2.45. The van der Waals surface area contributed by atoms with Crippen molar-refractivity contribution in [2.24, 2.45) is 0 Å². The first-order valence-electron chi connectivity index (χ1n) is 11.3. The summed E-state index contributed by atoms with van der Waals surface area (Å²) in [5.41, 5.74) is 1.00. The van der Waals surface area contributed by atoms with Gasteiger partial charge in [-0.05, 0) is 24.6 Å². The topological polar surface area (TPSA) is 101 Å². The van der Waals surface area contributed by atoms with E-state index in [1.54, 1.807) is 30.3 Å². The second kappa shape index (κ2) is 10.7. The maximum Gasteiger partial charge on any atom is 0.295 e. The Bertz CT molecular complexity index is 1070. The van der Waals surface area contributed by atoms with Crippen LogP contribution >= 0.6 is 0 Å². The Kier molecular flexibility index (Phi) is 7.44. The average Bonchev–Trinajstić information content (AvgIpc) is 3.13. The molecular formula is C25H29N3O6. The van der Waals surface area contributed by atoms with E-state index in [4.69, 9.17) is 14.2 Å². The molecule has 0 saturated carbocycles. The molecule has 2 aliphatic rings. The molecule has 3 heterocycles. The van der Waals surface area contributed by atoms with Crippen LogP contribution < -0.4 is 9.47 Å². The Morgan fingerprint density at radius 3 is 2.50 bits per heavy atom. The maximum atomic E-state index is 13.2. The van der Waals surface area contributed by atoms with Crippen LogP contribution in [0.15, 0.2) is 48.3 Å². The van der Waals surface area contributed by atoms with Gasteiger partial charge in [0.25, 0.3) is 11.7 Å². The van der Waals surface area contributed by atoms with Gasteiger partial charge in [-0.15, -0.1) is 0 Å². The number of methoxy groups -OCH3 is 2. The molecule has 2 saturated heterocycles. The lowest BCUT2D eigenvalue weighted by Crippen LogP contribution is -2.39. The van der Waals surface area contributed by atoms with Crippen LogP contribution in [0.25, 0.3) is 5.76 Å². The number of pyridine rings is 1. The minimum Gasteiger partial charge on any atom is -0.507 e. The number of benzene rings is 1. The number of aliphatic hydroxyl groups is 1. The standard InChI is InChI=1S/C25H29N3O6/c1-32-19-6-3-5-18(24(19)33-2)21-20(22(29)17-7-9-26-10-8-17)23(30)25(31)28(21)12-4-11-27-13-15-34-16-14-27/h3,5-10,21,29H,4,11-16H2,1-2H3/b22-20-. The molecule has 2 aromatic rings. The number of nitrogens with zero attached hydrogens (tertiary/aromatic N) is 3. The summed E-state index contributed by atoms with van der Waals surface area (Å²) in [6.45, 7) is 4.19. The number of ether oxygens (including phenoxy) is 3. The molecule has 0 radical (unpaired) electrons. The van der Waals surface area contributed by atoms with Crippen LogP contribution in [0.5, 0.6) is 11.5 Å². The van der Waals surface area contributed by atoms with E-state index in [-0.39, 0.29) is 11.3 Å². The van der Waals surface area contributed by atoms with Gasteiger partial charge in [-0.2, -0.15) is 0 Å². The van der Waals surface area contributed by atoms with E-state index in [9.17, 15) is 14.7 Å². The molecular weight excluding hydrogens is 438 g/mol. The van der Waals surface area contributed by atoms with Crippen molar-refractivity contribution in [3.8, 4) is 11.5 Å². The van der Waals surface area contributed by atoms with E-state index in [0.29, 0.717) is 48.8 Å². The third kappa shape index (κ3) is 4.62. The second-order valence-corrected chi connectivity index (χ2v) is 8.12. The van der Waals surface area contributed by atoms with Crippen molar-refractivity contribution in [2.45, 2.75) is 12.5 Å². The third-order valence-corrected chi connectivity index (χ3v) is 6.20. The van der Waals surface area contributed by atoms with Gasteiger partial charge in [-0.25, -0.2) is 0 Å². The number of likely N-dealkylation sites (tertiary alicyclic amines) is 1. The average molecular weight is 468 g/mol. The first-order chi connectivity index (χ1) is 16.6. The zero-order chi connectivity index (χ0) is 24.1. The summed E-state index contributed by atoms with van der Waals surface area (Å²) in [5, 5.41) is 11.1. The number of aliphatic hydroxyl groups excluding tert-OH is 1. The van der Waals surface area contributed by atoms with Crippen LogP contribution in [0.3, 0.4) is 0 Å². The largest absolute Gasteiger partial charge is 0.507 e. The second-order valence-electron chi connectivity index (χ2n) is 8.12. The Hall–Kier alpha value is -3.43. The van der Waals surface area contributed by atoms with E-state index in [1.807, 2.05) is 0 Å². The lowest BCUT2D eigenvalue weighted by molar-refractivity contribution is -0.140. The number of carbonyl (C=O) groups excluding carboxylic acids is 2. The van der Waals surface area contributed by atoms with Crippen molar-refractivity contribution in [1.29, 1.82) is 0 Å². The van der Waals surface area contributed by atoms with Crippen molar-refractivity contribution in [3.63, 3.8) is 0 Å². The van der Waals surface area contributed by atoms with Crippen LogP contribution in [0.2, 0.25) is 0 Å². The fourth-order valence-electron chi connectivity index (χ4n) is 4.52. The molecule has 1 atom stereocenters. The lowest BCUT2D eigenvalue weighted by atomic mass is 9.94. The highest BCUT2D eigenvalue weighted by Gasteiger charge is 2.47. The molecule has 1 aromatic carbocycles. The van der Waals surface area contributed by atoms with Gasteiger partial charge < -0.3 is 24.2 Å². The number of morpholine rings is 1. The van der Waals surface area contributed by atoms with Crippen molar-refractivity contribution in [1.82, 2.24) is 14.8 Å². The normalized spacial score (nSPS) is 20.5. The molecule has 4 rings (SSSR count). The summed E-state index contributed by atoms with van der Waals surface area (Å²) in [6.07, 6.45) is 3.72. The molecule has 1 aromatic heterocycles. The molecule has 2 fully saturated rings. The smallest absolute Gasteiger partial charge is 0.295 e. The van der Waals surface area contributed by atoms with Gasteiger partial charge in [0, 0.05) is 49.7 Å². The van der Waals surface area contributed by atoms with E-state index in [1.165, 1.54) is 31.5 Å². The molecule has 9 heteroatoms. The van der Waals surface area contributed by atoms with Crippen LogP contribution in [-0.4, -0.2) is 85.2 Å². The van der Waals surface area contributed by atoms with Gasteiger partial charge in [-0.1, -0.05) is 12.1 Å². The van der Waals surface area contributed by atoms with E-state index in [0.717, 1.165) is 19.6 Å². The molecule has 9 nitrogen and oxygen atoms in total. The minimum absolute atomic E-state index is 0.0223. The van der Waals surface area contributed by atoms with Crippen LogP contribution in [0.4, 0.5) is 0 Å². The monoisotopic (exact) mass is 467 g/mol. The number of hydrogen-bond donors (Lipinski definition) is 1. The van der Waals surface area contributed by atoms with Gasteiger partial charge >= 0.3 is 0 Å². The summed E-state index contributed by atoms with van der Waals surface area (Å²) in [4.78, 5) is 34.2. The van der Waals surface area contributed by atoms with Crippen molar-refractivity contribution >= 4 is 17.4 Å². The van der Waals surface area contributed by atoms with Crippen molar-refractivity contribution in [3.05, 3.63) is 59.4 Å². The Balaban J connectivity index is 1.74. The van der Waals surface area contributed by atoms with Gasteiger partial charge in [0.15, 0.2) is 11.5 Å². The first kappa shape index (κ1) is 23.7. The number of Topliss-reactive ketones (excluding diaryl/α,β-unsaturated/α-hetero) is 1. The summed E-state index contributed by atoms with van der Waals surface area (Å²) in [6, 6.07) is 7.68. The summed E-state index contributed by atoms with van der Waals surface area (Å²) in [7, 11) is 3.03. The highest BCUT2D eigenvalue weighted by molar-refractivity contribution is 6.46. The van der Waals surface area contributed by atoms with E-state index < -0.39 is 17.7 Å². The zero-order valence-electron chi connectivity index (χ0n) is 19.4. The molecule has 34 heavy (non-hydrogen) atoms. The number of ketones is 1. The molecule has 2 aliphatic heterocycles. The number of para-hydroxylation sites is 1. The van der Waals surface area contributed by atoms with Crippen molar-refractivity contribution in [2.75, 3.05) is 53.6 Å². The molecule has 1 amide bonds. The number of carbonyl (C=O) groups is 2. The van der Waals surface area contributed by atoms with Crippen LogP contribution in [0.1, 0.15) is 23.6 Å². The first-order valence-corrected chi connectivity index (χ1v) is 11.3.